The molecule has 5 heteroatoms. The fraction of sp³-hybridized carbons (Fsp3) is 0.125. The first-order chi connectivity index (χ1) is 5.80. The molecule has 0 unspecified atom stereocenters. The molecule has 0 rings (SSSR count). The molecule has 0 aromatic carbocycles. The summed E-state index contributed by atoms with van der Waals surface area (Å²) in [5.41, 5.74) is 3.99. The van der Waals surface area contributed by atoms with Crippen LogP contribution in [0, 0.1) is 0 Å². The maximum absolute atomic E-state index is 11.8. The molecule has 72 valence electrons. The molecule has 13 heavy (non-hydrogen) atoms. The molecule has 2 nitrogen and oxygen atoms in total. The summed E-state index contributed by atoms with van der Waals surface area (Å²) in [6.45, 7) is 6.14. The third kappa shape index (κ3) is 3.14. The Morgan fingerprint density at radius 3 is 2.15 bits per heavy atom. The van der Waals surface area contributed by atoms with Crippen molar-refractivity contribution >= 4 is 5.78 Å². The van der Waals surface area contributed by atoms with E-state index in [-0.39, 0.29) is 5.70 Å². The molecule has 0 bridgehead atoms. The van der Waals surface area contributed by atoms with Gasteiger partial charge in [0, 0.05) is 11.3 Å². The molecule has 0 amide bonds. The number of ketones is 1. The van der Waals surface area contributed by atoms with E-state index in [2.05, 4.69) is 13.2 Å². The van der Waals surface area contributed by atoms with Gasteiger partial charge < -0.3 is 5.73 Å². The SMILES string of the molecule is C=C/C=C(/N)C(=C)C(=O)C(F)(F)F. The monoisotopic (exact) mass is 191 g/mol. The van der Waals surface area contributed by atoms with Crippen LogP contribution in [0.5, 0.6) is 0 Å². The standard InChI is InChI=1S/C8H8F3NO/c1-3-4-6(12)5(2)7(13)8(9,10)11/h3-4H,1-2,12H2/b6-4+. The lowest BCUT2D eigenvalue weighted by atomic mass is 10.1. The zero-order valence-corrected chi connectivity index (χ0v) is 6.69. The van der Waals surface area contributed by atoms with Crippen LogP contribution in [-0.2, 0) is 4.79 Å². The second-order valence-corrected chi connectivity index (χ2v) is 2.16. The predicted molar refractivity (Wildman–Crippen MR) is 42.7 cm³/mol. The molecule has 0 aliphatic heterocycles. The van der Waals surface area contributed by atoms with E-state index in [1.54, 1.807) is 0 Å². The van der Waals surface area contributed by atoms with Gasteiger partial charge in [0.2, 0.25) is 0 Å². The highest BCUT2D eigenvalue weighted by Gasteiger charge is 2.40. The molecule has 0 radical (unpaired) electrons. The Morgan fingerprint density at radius 1 is 1.38 bits per heavy atom. The van der Waals surface area contributed by atoms with E-state index in [0.717, 1.165) is 6.08 Å². The Balaban J connectivity index is 4.73. The van der Waals surface area contributed by atoms with E-state index in [0.29, 0.717) is 0 Å². The number of halogens is 3. The normalized spacial score (nSPS) is 12.4. The molecule has 0 aliphatic carbocycles. The van der Waals surface area contributed by atoms with Crippen LogP contribution < -0.4 is 5.73 Å². The highest BCUT2D eigenvalue weighted by atomic mass is 19.4. The summed E-state index contributed by atoms with van der Waals surface area (Å²) in [5.74, 6) is -2.04. The third-order valence-electron chi connectivity index (χ3n) is 1.18. The van der Waals surface area contributed by atoms with Crippen LogP contribution >= 0.6 is 0 Å². The maximum Gasteiger partial charge on any atom is 0.454 e. The fourth-order valence-electron chi connectivity index (χ4n) is 0.530. The molecular weight excluding hydrogens is 183 g/mol. The average molecular weight is 191 g/mol. The average Bonchev–Trinajstić information content (AvgIpc) is 2.00. The lowest BCUT2D eigenvalue weighted by Gasteiger charge is -2.07. The Bertz CT molecular complexity index is 276. The molecule has 0 saturated heterocycles. The number of nitrogens with two attached hydrogens (primary N) is 1. The number of hydrogen-bond acceptors (Lipinski definition) is 2. The smallest absolute Gasteiger partial charge is 0.398 e. The van der Waals surface area contributed by atoms with Crippen molar-refractivity contribution in [1.29, 1.82) is 0 Å². The largest absolute Gasteiger partial charge is 0.454 e. The third-order valence-corrected chi connectivity index (χ3v) is 1.18. The zero-order chi connectivity index (χ0) is 10.6. The molecule has 2 N–H and O–H groups in total. The number of rotatable bonds is 3. The van der Waals surface area contributed by atoms with Crippen LogP contribution in [0.15, 0.2) is 36.6 Å². The summed E-state index contributed by atoms with van der Waals surface area (Å²) in [7, 11) is 0. The summed E-state index contributed by atoms with van der Waals surface area (Å²) in [4.78, 5) is 10.5. The van der Waals surface area contributed by atoms with Gasteiger partial charge in [-0.3, -0.25) is 4.79 Å². The van der Waals surface area contributed by atoms with E-state index in [1.807, 2.05) is 0 Å². The number of Topliss-reactive ketones (excluding diaryl/α,β-unsaturated/α-hetero) is 1. The number of carbonyl (C=O) groups excluding carboxylic acids is 1. The van der Waals surface area contributed by atoms with Gasteiger partial charge in [-0.05, 0) is 6.08 Å². The Labute approximate surface area is 73.2 Å². The first kappa shape index (κ1) is 11.5. The quantitative estimate of drug-likeness (QED) is 0.545. The van der Waals surface area contributed by atoms with Crippen molar-refractivity contribution in [3.05, 3.63) is 36.6 Å². The Morgan fingerprint density at radius 2 is 1.85 bits per heavy atom. The summed E-state index contributed by atoms with van der Waals surface area (Å²) < 4.78 is 35.3. The lowest BCUT2D eigenvalue weighted by molar-refractivity contribution is -0.166. The van der Waals surface area contributed by atoms with Crippen LogP contribution in [-0.4, -0.2) is 12.0 Å². The summed E-state index contributed by atoms with van der Waals surface area (Å²) >= 11 is 0. The second kappa shape index (κ2) is 3.93. The number of allylic oxidation sites excluding steroid dienone is 3. The molecule has 0 fully saturated rings. The Kier molecular flexibility index (Phi) is 3.47. The van der Waals surface area contributed by atoms with E-state index < -0.39 is 17.5 Å². The molecule has 0 aromatic heterocycles. The van der Waals surface area contributed by atoms with E-state index >= 15 is 0 Å². The highest BCUT2D eigenvalue weighted by Crippen LogP contribution is 2.21. The number of alkyl halides is 3. The van der Waals surface area contributed by atoms with Gasteiger partial charge in [0.25, 0.3) is 5.78 Å². The minimum atomic E-state index is -4.93. The van der Waals surface area contributed by atoms with Crippen LogP contribution in [0.1, 0.15) is 0 Å². The van der Waals surface area contributed by atoms with Gasteiger partial charge in [0.1, 0.15) is 0 Å². The van der Waals surface area contributed by atoms with Crippen molar-refractivity contribution in [1.82, 2.24) is 0 Å². The Hall–Kier alpha value is -1.52. The molecule has 0 spiro atoms. The highest BCUT2D eigenvalue weighted by molar-refractivity contribution is 6.02. The van der Waals surface area contributed by atoms with Crippen molar-refractivity contribution in [2.75, 3.05) is 0 Å². The van der Waals surface area contributed by atoms with Crippen molar-refractivity contribution in [3.8, 4) is 0 Å². The summed E-state index contributed by atoms with van der Waals surface area (Å²) in [6, 6.07) is 0. The molecule has 0 aliphatic rings. The van der Waals surface area contributed by atoms with Gasteiger partial charge in [-0.1, -0.05) is 19.2 Å². The van der Waals surface area contributed by atoms with Gasteiger partial charge in [-0.15, -0.1) is 0 Å². The van der Waals surface area contributed by atoms with Crippen molar-refractivity contribution in [3.63, 3.8) is 0 Å². The first-order valence-corrected chi connectivity index (χ1v) is 3.19. The van der Waals surface area contributed by atoms with Gasteiger partial charge in [0.15, 0.2) is 0 Å². The molecule has 0 atom stereocenters. The van der Waals surface area contributed by atoms with Crippen LogP contribution in [0.3, 0.4) is 0 Å². The van der Waals surface area contributed by atoms with Crippen molar-refractivity contribution in [2.45, 2.75) is 6.18 Å². The molecule has 0 aromatic rings. The topological polar surface area (TPSA) is 43.1 Å². The minimum Gasteiger partial charge on any atom is -0.398 e. The maximum atomic E-state index is 11.8. The first-order valence-electron chi connectivity index (χ1n) is 3.19. The van der Waals surface area contributed by atoms with Gasteiger partial charge in [-0.2, -0.15) is 13.2 Å². The van der Waals surface area contributed by atoms with Gasteiger partial charge >= 0.3 is 6.18 Å². The van der Waals surface area contributed by atoms with Crippen molar-refractivity contribution < 1.29 is 18.0 Å². The molecule has 0 saturated carbocycles. The van der Waals surface area contributed by atoms with E-state index in [4.69, 9.17) is 5.73 Å². The predicted octanol–water partition coefficient (Wildman–Crippen LogP) is 1.70. The van der Waals surface area contributed by atoms with Crippen LogP contribution in [0.4, 0.5) is 13.2 Å². The van der Waals surface area contributed by atoms with E-state index in [1.165, 1.54) is 6.08 Å². The van der Waals surface area contributed by atoms with E-state index in [9.17, 15) is 18.0 Å². The van der Waals surface area contributed by atoms with Crippen LogP contribution in [0.25, 0.3) is 0 Å². The second-order valence-electron chi connectivity index (χ2n) is 2.16. The van der Waals surface area contributed by atoms with Crippen LogP contribution in [0.2, 0.25) is 0 Å². The summed E-state index contributed by atoms with van der Waals surface area (Å²) in [5, 5.41) is 0. The zero-order valence-electron chi connectivity index (χ0n) is 6.69. The minimum absolute atomic E-state index is 0.336. The molecular formula is C8H8F3NO. The summed E-state index contributed by atoms with van der Waals surface area (Å²) in [6.07, 6.45) is -2.69. The fourth-order valence-corrected chi connectivity index (χ4v) is 0.530. The van der Waals surface area contributed by atoms with Crippen molar-refractivity contribution in [2.24, 2.45) is 5.73 Å². The van der Waals surface area contributed by atoms with Gasteiger partial charge in [0.05, 0.1) is 0 Å². The number of hydrogen-bond donors (Lipinski definition) is 1. The van der Waals surface area contributed by atoms with Gasteiger partial charge in [-0.25, -0.2) is 0 Å². The molecule has 0 heterocycles. The number of carbonyl (C=O) groups is 1. The lowest BCUT2D eigenvalue weighted by Crippen LogP contribution is -2.26.